The Morgan fingerprint density at radius 1 is 1.35 bits per heavy atom. The Labute approximate surface area is 149 Å². The van der Waals surface area contributed by atoms with Crippen LogP contribution in [0.15, 0.2) is 47.6 Å². The van der Waals surface area contributed by atoms with Crippen LogP contribution in [-0.2, 0) is 0 Å². The smallest absolute Gasteiger partial charge is 0.271 e. The van der Waals surface area contributed by atoms with Crippen LogP contribution in [0.3, 0.4) is 0 Å². The Morgan fingerprint density at radius 2 is 2.08 bits per heavy atom. The maximum absolute atomic E-state index is 12.0. The van der Waals surface area contributed by atoms with Crippen molar-refractivity contribution in [2.24, 2.45) is 5.10 Å². The number of nitro groups is 1. The maximum atomic E-state index is 12.0. The number of nitro benzene ring substituents is 1. The summed E-state index contributed by atoms with van der Waals surface area (Å²) in [4.78, 5) is 22.4. The zero-order valence-corrected chi connectivity index (χ0v) is 13.8. The van der Waals surface area contributed by atoms with Gasteiger partial charge in [0.15, 0.2) is 0 Å². The van der Waals surface area contributed by atoms with E-state index in [1.807, 2.05) is 0 Å². The first-order chi connectivity index (χ1) is 12.5. The number of amides is 1. The van der Waals surface area contributed by atoms with E-state index >= 15 is 0 Å². The quantitative estimate of drug-likeness (QED) is 0.356. The molecule has 1 N–H and O–H groups in total. The molecule has 2 aromatic rings. The van der Waals surface area contributed by atoms with Crippen LogP contribution in [0.2, 0.25) is 0 Å². The molecule has 0 atom stereocenters. The van der Waals surface area contributed by atoms with Gasteiger partial charge in [-0.1, -0.05) is 5.92 Å². The molecule has 1 amide bonds. The molecule has 26 heavy (non-hydrogen) atoms. The highest BCUT2D eigenvalue weighted by atomic mass is 16.6. The van der Waals surface area contributed by atoms with Gasteiger partial charge in [-0.2, -0.15) is 5.10 Å². The molecule has 2 aromatic carbocycles. The van der Waals surface area contributed by atoms with Gasteiger partial charge < -0.3 is 9.47 Å². The molecule has 8 nitrogen and oxygen atoms in total. The lowest BCUT2D eigenvalue weighted by atomic mass is 10.2. The second-order valence-electron chi connectivity index (χ2n) is 4.90. The van der Waals surface area contributed by atoms with E-state index in [0.29, 0.717) is 22.6 Å². The van der Waals surface area contributed by atoms with Crippen LogP contribution in [0, 0.1) is 22.5 Å². The van der Waals surface area contributed by atoms with Gasteiger partial charge in [0.05, 0.1) is 18.2 Å². The fourth-order valence-electron chi connectivity index (χ4n) is 1.97. The summed E-state index contributed by atoms with van der Waals surface area (Å²) in [5, 5.41) is 14.7. The van der Waals surface area contributed by atoms with Crippen LogP contribution < -0.4 is 14.9 Å². The third kappa shape index (κ3) is 4.82. The number of benzene rings is 2. The summed E-state index contributed by atoms with van der Waals surface area (Å²) in [6.07, 6.45) is 6.40. The fraction of sp³-hybridized carbons (Fsp3) is 0.111. The number of terminal acetylenes is 1. The Balaban J connectivity index is 2.14. The largest absolute Gasteiger partial charge is 0.497 e. The molecule has 0 spiro atoms. The van der Waals surface area contributed by atoms with Gasteiger partial charge in [0.1, 0.15) is 18.1 Å². The van der Waals surface area contributed by atoms with Crippen molar-refractivity contribution in [1.29, 1.82) is 0 Å². The summed E-state index contributed by atoms with van der Waals surface area (Å²) >= 11 is 0. The van der Waals surface area contributed by atoms with Gasteiger partial charge in [0, 0.05) is 23.3 Å². The molecule has 0 heterocycles. The van der Waals surface area contributed by atoms with E-state index in [1.165, 1.54) is 31.5 Å². The molecule has 0 aliphatic carbocycles. The van der Waals surface area contributed by atoms with E-state index in [1.54, 1.807) is 24.3 Å². The molecular formula is C18H15N3O5. The van der Waals surface area contributed by atoms with E-state index in [4.69, 9.17) is 15.9 Å². The molecular weight excluding hydrogens is 338 g/mol. The molecule has 8 heteroatoms. The Bertz CT molecular complexity index is 869. The van der Waals surface area contributed by atoms with Crippen molar-refractivity contribution in [2.75, 3.05) is 13.7 Å². The van der Waals surface area contributed by atoms with Crippen molar-refractivity contribution in [1.82, 2.24) is 5.43 Å². The highest BCUT2D eigenvalue weighted by Crippen LogP contribution is 2.22. The molecule has 132 valence electrons. The minimum atomic E-state index is -0.543. The van der Waals surface area contributed by atoms with E-state index in [0.717, 1.165) is 0 Å². The first-order valence-electron chi connectivity index (χ1n) is 7.37. The van der Waals surface area contributed by atoms with Crippen molar-refractivity contribution in [3.05, 3.63) is 63.7 Å². The van der Waals surface area contributed by atoms with Crippen molar-refractivity contribution in [2.45, 2.75) is 0 Å². The maximum Gasteiger partial charge on any atom is 0.271 e. The third-order valence-corrected chi connectivity index (χ3v) is 3.24. The zero-order chi connectivity index (χ0) is 18.9. The van der Waals surface area contributed by atoms with Crippen molar-refractivity contribution in [3.63, 3.8) is 0 Å². The average molecular weight is 353 g/mol. The number of carbonyl (C=O) groups excluding carboxylic acids is 1. The predicted octanol–water partition coefficient (Wildman–Crippen LogP) is 2.38. The summed E-state index contributed by atoms with van der Waals surface area (Å²) in [5.41, 5.74) is 2.89. The van der Waals surface area contributed by atoms with Gasteiger partial charge in [-0.05, 0) is 30.3 Å². The van der Waals surface area contributed by atoms with E-state index < -0.39 is 10.8 Å². The van der Waals surface area contributed by atoms with Crippen LogP contribution in [0.4, 0.5) is 5.69 Å². The Kier molecular flexibility index (Phi) is 6.28. The SMILES string of the molecule is C#CCOc1ccc([N+](=O)[O-])cc1/C=N\NC(=O)c1ccc(OC)cc1. The minimum Gasteiger partial charge on any atom is -0.497 e. The predicted molar refractivity (Wildman–Crippen MR) is 95.5 cm³/mol. The van der Waals surface area contributed by atoms with Gasteiger partial charge in [-0.15, -0.1) is 6.42 Å². The molecule has 0 fully saturated rings. The highest BCUT2D eigenvalue weighted by molar-refractivity contribution is 5.95. The number of rotatable bonds is 7. The molecule has 0 radical (unpaired) electrons. The number of ether oxygens (including phenoxy) is 2. The number of hydrazone groups is 1. The standard InChI is InChI=1S/C18H15N3O5/c1-3-10-26-17-9-6-15(21(23)24)11-14(17)12-19-20-18(22)13-4-7-16(25-2)8-5-13/h1,4-9,11-12H,10H2,2H3,(H,20,22)/b19-12-. The lowest BCUT2D eigenvalue weighted by Gasteiger charge is -2.06. The zero-order valence-electron chi connectivity index (χ0n) is 13.8. The van der Waals surface area contributed by atoms with Gasteiger partial charge >= 0.3 is 0 Å². The normalized spacial score (nSPS) is 10.2. The van der Waals surface area contributed by atoms with Gasteiger partial charge in [-0.3, -0.25) is 14.9 Å². The first-order valence-corrected chi connectivity index (χ1v) is 7.37. The lowest BCUT2D eigenvalue weighted by molar-refractivity contribution is -0.384. The first kappa shape index (κ1) is 18.5. The van der Waals surface area contributed by atoms with Crippen LogP contribution >= 0.6 is 0 Å². The number of hydrogen-bond acceptors (Lipinski definition) is 6. The number of methoxy groups -OCH3 is 1. The molecule has 0 bridgehead atoms. The number of non-ortho nitro benzene ring substituents is 1. The number of carbonyl (C=O) groups is 1. The number of nitrogens with zero attached hydrogens (tertiary/aromatic N) is 2. The monoisotopic (exact) mass is 353 g/mol. The van der Waals surface area contributed by atoms with Crippen LogP contribution in [0.1, 0.15) is 15.9 Å². The Morgan fingerprint density at radius 3 is 2.69 bits per heavy atom. The van der Waals surface area contributed by atoms with Crippen LogP contribution in [0.5, 0.6) is 11.5 Å². The lowest BCUT2D eigenvalue weighted by Crippen LogP contribution is -2.17. The highest BCUT2D eigenvalue weighted by Gasteiger charge is 2.11. The topological polar surface area (TPSA) is 103 Å². The summed E-state index contributed by atoms with van der Waals surface area (Å²) < 4.78 is 10.3. The van der Waals surface area contributed by atoms with E-state index in [2.05, 4.69) is 16.4 Å². The van der Waals surface area contributed by atoms with Crippen LogP contribution in [0.25, 0.3) is 0 Å². The van der Waals surface area contributed by atoms with Crippen LogP contribution in [-0.4, -0.2) is 30.8 Å². The molecule has 0 aliphatic heterocycles. The van der Waals surface area contributed by atoms with Gasteiger partial charge in [0.25, 0.3) is 11.6 Å². The van der Waals surface area contributed by atoms with Gasteiger partial charge in [0.2, 0.25) is 0 Å². The molecule has 2 rings (SSSR count). The second kappa shape index (κ2) is 8.84. The molecule has 0 saturated carbocycles. The van der Waals surface area contributed by atoms with Crippen molar-refractivity contribution < 1.29 is 19.2 Å². The van der Waals surface area contributed by atoms with Crippen molar-refractivity contribution >= 4 is 17.8 Å². The fourth-order valence-corrected chi connectivity index (χ4v) is 1.97. The molecule has 0 aliphatic rings. The number of hydrogen-bond donors (Lipinski definition) is 1. The molecule has 0 saturated heterocycles. The second-order valence-corrected chi connectivity index (χ2v) is 4.90. The average Bonchev–Trinajstić information content (AvgIpc) is 2.66. The summed E-state index contributed by atoms with van der Waals surface area (Å²) in [7, 11) is 1.53. The van der Waals surface area contributed by atoms with Gasteiger partial charge in [-0.25, -0.2) is 5.43 Å². The summed E-state index contributed by atoms with van der Waals surface area (Å²) in [5.74, 6) is 2.80. The van der Waals surface area contributed by atoms with E-state index in [9.17, 15) is 14.9 Å². The van der Waals surface area contributed by atoms with Crippen molar-refractivity contribution in [3.8, 4) is 23.8 Å². The van der Waals surface area contributed by atoms with E-state index in [-0.39, 0.29) is 12.3 Å². The molecule has 0 aromatic heterocycles. The Hall–Kier alpha value is -3.86. The third-order valence-electron chi connectivity index (χ3n) is 3.24. The number of nitrogens with one attached hydrogen (secondary N) is 1. The minimum absolute atomic E-state index is 0.00312. The summed E-state index contributed by atoms with van der Waals surface area (Å²) in [6.45, 7) is -0.00312. The summed E-state index contributed by atoms with van der Waals surface area (Å²) in [6, 6.07) is 10.4. The molecule has 0 unspecified atom stereocenters.